The van der Waals surface area contributed by atoms with Crippen LogP contribution in [0.5, 0.6) is 5.75 Å². The van der Waals surface area contributed by atoms with Gasteiger partial charge in [-0.2, -0.15) is 0 Å². The molecule has 1 aromatic carbocycles. The number of anilines is 1. The Morgan fingerprint density at radius 3 is 2.77 bits per heavy atom. The van der Waals surface area contributed by atoms with E-state index in [1.165, 1.54) is 12.3 Å². The zero-order valence-corrected chi connectivity index (χ0v) is 16.5. The lowest BCUT2D eigenvalue weighted by atomic mass is 10.1. The van der Waals surface area contributed by atoms with Crippen molar-refractivity contribution in [1.29, 1.82) is 0 Å². The third-order valence-electron chi connectivity index (χ3n) is 4.66. The second-order valence-electron chi connectivity index (χ2n) is 6.72. The molecule has 2 aromatic heterocycles. The number of carbonyl (C=O) groups excluding carboxylic acids is 2. The van der Waals surface area contributed by atoms with Gasteiger partial charge in [0.1, 0.15) is 17.2 Å². The van der Waals surface area contributed by atoms with Crippen molar-refractivity contribution in [3.63, 3.8) is 0 Å². The van der Waals surface area contributed by atoms with Crippen LogP contribution in [0.25, 0.3) is 11.0 Å². The van der Waals surface area contributed by atoms with E-state index in [0.717, 1.165) is 35.8 Å². The molecule has 0 fully saturated rings. The Morgan fingerprint density at radius 1 is 1.13 bits per heavy atom. The van der Waals surface area contributed by atoms with Crippen LogP contribution in [0, 0.1) is 0 Å². The van der Waals surface area contributed by atoms with E-state index in [9.17, 15) is 14.4 Å². The summed E-state index contributed by atoms with van der Waals surface area (Å²) in [6.07, 6.45) is 3.90. The van der Waals surface area contributed by atoms with Gasteiger partial charge in [0.25, 0.3) is 5.91 Å². The molecule has 3 aromatic rings. The molecule has 154 valence electrons. The van der Waals surface area contributed by atoms with Gasteiger partial charge in [0.15, 0.2) is 13.2 Å². The third-order valence-corrected chi connectivity index (χ3v) is 4.88. The van der Waals surface area contributed by atoms with E-state index in [1.54, 1.807) is 18.2 Å². The molecular weight excluding hydrogens is 412 g/mol. The molecule has 9 heteroatoms. The van der Waals surface area contributed by atoms with Crippen LogP contribution < -0.4 is 15.7 Å². The number of rotatable bonds is 6. The highest BCUT2D eigenvalue weighted by Crippen LogP contribution is 2.29. The topological polar surface area (TPSA) is 108 Å². The molecule has 1 aliphatic carbocycles. The molecule has 2 heterocycles. The van der Waals surface area contributed by atoms with Crippen LogP contribution >= 0.6 is 11.6 Å². The summed E-state index contributed by atoms with van der Waals surface area (Å²) in [6.45, 7) is -0.877. The van der Waals surface area contributed by atoms with Gasteiger partial charge >= 0.3 is 11.6 Å². The first-order valence-corrected chi connectivity index (χ1v) is 9.66. The average Bonchev–Trinajstić information content (AvgIpc) is 3.23. The van der Waals surface area contributed by atoms with E-state index in [-0.39, 0.29) is 5.63 Å². The van der Waals surface area contributed by atoms with Crippen LogP contribution in [-0.2, 0) is 27.2 Å². The molecule has 0 saturated carbocycles. The Morgan fingerprint density at radius 2 is 1.97 bits per heavy atom. The molecule has 0 bridgehead atoms. The first kappa shape index (κ1) is 19.9. The maximum atomic E-state index is 12.1. The van der Waals surface area contributed by atoms with Gasteiger partial charge in [-0.3, -0.25) is 4.79 Å². The van der Waals surface area contributed by atoms with Crippen molar-refractivity contribution in [3.05, 3.63) is 63.1 Å². The second-order valence-corrected chi connectivity index (χ2v) is 7.15. The van der Waals surface area contributed by atoms with Gasteiger partial charge in [0.05, 0.1) is 5.02 Å². The summed E-state index contributed by atoms with van der Waals surface area (Å²) in [6, 6.07) is 8.19. The van der Waals surface area contributed by atoms with Crippen molar-refractivity contribution in [1.82, 2.24) is 4.98 Å². The van der Waals surface area contributed by atoms with Crippen molar-refractivity contribution in [2.24, 2.45) is 0 Å². The first-order valence-electron chi connectivity index (χ1n) is 9.28. The van der Waals surface area contributed by atoms with Crippen molar-refractivity contribution in [2.45, 2.75) is 19.3 Å². The summed E-state index contributed by atoms with van der Waals surface area (Å²) in [5.74, 6) is -0.611. The highest BCUT2D eigenvalue weighted by atomic mass is 35.5. The normalized spacial score (nSPS) is 12.4. The number of carbonyl (C=O) groups is 2. The molecule has 0 spiro atoms. The summed E-state index contributed by atoms with van der Waals surface area (Å²) >= 11 is 5.72. The van der Waals surface area contributed by atoms with Crippen LogP contribution in [0.3, 0.4) is 0 Å². The number of fused-ring (bicyclic) bond motifs is 3. The molecule has 0 unspecified atom stereocenters. The Labute approximate surface area is 175 Å². The average molecular weight is 429 g/mol. The maximum Gasteiger partial charge on any atom is 0.344 e. The number of nitrogens with one attached hydrogen (secondary N) is 1. The summed E-state index contributed by atoms with van der Waals surface area (Å²) in [5, 5.41) is 3.79. The molecule has 1 amide bonds. The van der Waals surface area contributed by atoms with Gasteiger partial charge in [-0.25, -0.2) is 14.6 Å². The van der Waals surface area contributed by atoms with Crippen molar-refractivity contribution in [3.8, 4) is 5.75 Å². The number of hydrogen-bond acceptors (Lipinski definition) is 7. The highest BCUT2D eigenvalue weighted by molar-refractivity contribution is 6.30. The second kappa shape index (κ2) is 8.54. The fraction of sp³-hybridized carbons (Fsp3) is 0.238. The number of halogens is 1. The highest BCUT2D eigenvalue weighted by Gasteiger charge is 2.19. The number of pyridine rings is 1. The minimum atomic E-state index is -0.718. The number of hydrogen-bond donors (Lipinski definition) is 1. The largest absolute Gasteiger partial charge is 0.482 e. The van der Waals surface area contributed by atoms with Gasteiger partial charge in [0, 0.05) is 23.2 Å². The number of ether oxygens (including phenoxy) is 2. The Kier molecular flexibility index (Phi) is 5.67. The van der Waals surface area contributed by atoms with Gasteiger partial charge < -0.3 is 19.2 Å². The molecule has 1 aliphatic rings. The lowest BCUT2D eigenvalue weighted by molar-refractivity contribution is -0.149. The molecule has 8 nitrogen and oxygen atoms in total. The van der Waals surface area contributed by atoms with Gasteiger partial charge in [-0.05, 0) is 49.1 Å². The Balaban J connectivity index is 1.31. The van der Waals surface area contributed by atoms with Crippen LogP contribution in [0.2, 0.25) is 5.02 Å². The number of aromatic nitrogens is 1. The van der Waals surface area contributed by atoms with Crippen LogP contribution in [-0.4, -0.2) is 30.1 Å². The lowest BCUT2D eigenvalue weighted by Gasteiger charge is -2.09. The fourth-order valence-electron chi connectivity index (χ4n) is 3.31. The number of aryl methyl sites for hydroxylation is 1. The number of esters is 1. The number of nitrogens with zero attached hydrogens (tertiary/aromatic N) is 1. The SMILES string of the molecule is O=C(COC(=O)COc1ccc2c3c(c(=O)oc2c1)CCC3)Nc1ccc(Cl)cn1. The summed E-state index contributed by atoms with van der Waals surface area (Å²) in [7, 11) is 0. The molecule has 0 aliphatic heterocycles. The number of amides is 1. The van der Waals surface area contributed by atoms with E-state index in [1.807, 2.05) is 6.07 Å². The quantitative estimate of drug-likeness (QED) is 0.475. The summed E-state index contributed by atoms with van der Waals surface area (Å²) in [5.41, 5.74) is 1.86. The molecule has 0 saturated heterocycles. The van der Waals surface area contributed by atoms with E-state index >= 15 is 0 Å². The van der Waals surface area contributed by atoms with Crippen LogP contribution in [0.4, 0.5) is 5.82 Å². The van der Waals surface area contributed by atoms with E-state index in [2.05, 4.69) is 10.3 Å². The minimum absolute atomic E-state index is 0.292. The predicted octanol–water partition coefficient (Wildman–Crippen LogP) is 2.89. The van der Waals surface area contributed by atoms with Gasteiger partial charge in [-0.15, -0.1) is 0 Å². The van der Waals surface area contributed by atoms with E-state index < -0.39 is 25.1 Å². The van der Waals surface area contributed by atoms with Gasteiger partial charge in [0.2, 0.25) is 0 Å². The molecular formula is C21H17ClN2O6. The fourth-order valence-corrected chi connectivity index (χ4v) is 3.42. The standard InChI is InChI=1S/C21H17ClN2O6/c22-12-4-7-18(23-9-12)24-19(25)10-29-20(26)11-28-13-5-6-15-14-2-1-3-16(14)21(27)30-17(15)8-13/h4-9H,1-3,10-11H2,(H,23,24,25). The maximum absolute atomic E-state index is 12.1. The molecule has 0 radical (unpaired) electrons. The smallest absolute Gasteiger partial charge is 0.344 e. The first-order chi connectivity index (χ1) is 14.5. The van der Waals surface area contributed by atoms with Crippen molar-refractivity contribution >= 4 is 40.3 Å². The zero-order chi connectivity index (χ0) is 21.1. The molecule has 0 atom stereocenters. The third kappa shape index (κ3) is 4.44. The zero-order valence-electron chi connectivity index (χ0n) is 15.8. The van der Waals surface area contributed by atoms with E-state index in [4.69, 9.17) is 25.5 Å². The number of benzene rings is 1. The van der Waals surface area contributed by atoms with Crippen LogP contribution in [0.15, 0.2) is 45.7 Å². The minimum Gasteiger partial charge on any atom is -0.482 e. The van der Waals surface area contributed by atoms with Crippen molar-refractivity contribution in [2.75, 3.05) is 18.5 Å². The summed E-state index contributed by atoms with van der Waals surface area (Å²) < 4.78 is 15.7. The predicted molar refractivity (Wildman–Crippen MR) is 109 cm³/mol. The Bertz CT molecular complexity index is 1170. The Hall–Kier alpha value is -3.39. The molecule has 30 heavy (non-hydrogen) atoms. The molecule has 1 N–H and O–H groups in total. The van der Waals surface area contributed by atoms with E-state index in [0.29, 0.717) is 22.2 Å². The summed E-state index contributed by atoms with van der Waals surface area (Å²) in [4.78, 5) is 39.6. The molecule has 4 rings (SSSR count). The lowest BCUT2D eigenvalue weighted by Crippen LogP contribution is -2.24. The van der Waals surface area contributed by atoms with Gasteiger partial charge in [-0.1, -0.05) is 11.6 Å². The monoisotopic (exact) mass is 428 g/mol. The van der Waals surface area contributed by atoms with Crippen LogP contribution in [0.1, 0.15) is 17.5 Å². The van der Waals surface area contributed by atoms with Crippen molar-refractivity contribution < 1.29 is 23.5 Å².